The van der Waals surface area contributed by atoms with Gasteiger partial charge >= 0.3 is 0 Å². The average Bonchev–Trinajstić information content (AvgIpc) is 2.46. The number of anilines is 1. The Bertz CT molecular complexity index is 590. The van der Waals surface area contributed by atoms with Crippen molar-refractivity contribution in [3.8, 4) is 5.75 Å². The highest BCUT2D eigenvalue weighted by molar-refractivity contribution is 7.99. The van der Waals surface area contributed by atoms with Crippen LogP contribution in [0.4, 0.5) is 11.4 Å². The lowest BCUT2D eigenvalue weighted by Gasteiger charge is -2.06. The fourth-order valence-corrected chi connectivity index (χ4v) is 2.36. The molecule has 20 heavy (non-hydrogen) atoms. The van der Waals surface area contributed by atoms with Crippen LogP contribution in [0.15, 0.2) is 53.4 Å². The van der Waals surface area contributed by atoms with Crippen molar-refractivity contribution < 1.29 is 9.66 Å². The van der Waals surface area contributed by atoms with Crippen molar-refractivity contribution in [2.45, 2.75) is 4.90 Å². The van der Waals surface area contributed by atoms with Gasteiger partial charge in [0.05, 0.1) is 17.6 Å². The Morgan fingerprint density at radius 1 is 1.20 bits per heavy atom. The van der Waals surface area contributed by atoms with Crippen LogP contribution in [0.2, 0.25) is 0 Å². The molecule has 0 aliphatic heterocycles. The van der Waals surface area contributed by atoms with E-state index >= 15 is 0 Å². The van der Waals surface area contributed by atoms with Gasteiger partial charge in [-0.15, -0.1) is 11.8 Å². The highest BCUT2D eigenvalue weighted by Crippen LogP contribution is 2.26. The zero-order chi connectivity index (χ0) is 14.4. The molecule has 2 N–H and O–H groups in total. The predicted molar refractivity (Wildman–Crippen MR) is 80.2 cm³/mol. The first-order chi connectivity index (χ1) is 9.66. The summed E-state index contributed by atoms with van der Waals surface area (Å²) in [6.45, 7) is 0.473. The molecule has 2 aromatic rings. The molecular formula is C14H14N2O3S. The first-order valence-corrected chi connectivity index (χ1v) is 7.00. The van der Waals surface area contributed by atoms with Crippen molar-refractivity contribution in [1.82, 2.24) is 0 Å². The van der Waals surface area contributed by atoms with Crippen LogP contribution in [-0.2, 0) is 0 Å². The van der Waals surface area contributed by atoms with Crippen LogP contribution in [0, 0.1) is 10.1 Å². The Kier molecular flexibility index (Phi) is 4.84. The maximum Gasteiger partial charge on any atom is 0.295 e. The molecule has 0 unspecified atom stereocenters. The fraction of sp³-hybridized carbons (Fsp3) is 0.143. The molecule has 6 heteroatoms. The van der Waals surface area contributed by atoms with Crippen molar-refractivity contribution in [3.05, 3.63) is 58.6 Å². The van der Waals surface area contributed by atoms with Crippen LogP contribution in [0.1, 0.15) is 0 Å². The normalized spacial score (nSPS) is 10.2. The molecule has 5 nitrogen and oxygen atoms in total. The molecular weight excluding hydrogens is 276 g/mol. The minimum absolute atomic E-state index is 0.127. The van der Waals surface area contributed by atoms with E-state index in [2.05, 4.69) is 0 Å². The van der Waals surface area contributed by atoms with E-state index in [9.17, 15) is 10.1 Å². The molecule has 2 aromatic carbocycles. The molecule has 0 radical (unpaired) electrons. The van der Waals surface area contributed by atoms with Gasteiger partial charge in [0.15, 0.2) is 0 Å². The minimum Gasteiger partial charge on any atom is -0.492 e. The number of nitrogens with zero attached hydrogens (tertiary/aromatic N) is 1. The van der Waals surface area contributed by atoms with E-state index in [-0.39, 0.29) is 11.4 Å². The monoisotopic (exact) mass is 290 g/mol. The summed E-state index contributed by atoms with van der Waals surface area (Å²) < 4.78 is 5.49. The van der Waals surface area contributed by atoms with Crippen molar-refractivity contribution in [2.75, 3.05) is 18.1 Å². The van der Waals surface area contributed by atoms with E-state index in [4.69, 9.17) is 10.5 Å². The molecule has 0 aromatic heterocycles. The summed E-state index contributed by atoms with van der Waals surface area (Å²) in [7, 11) is 0. The highest BCUT2D eigenvalue weighted by Gasteiger charge is 2.12. The smallest absolute Gasteiger partial charge is 0.295 e. The Balaban J connectivity index is 1.85. The van der Waals surface area contributed by atoms with Crippen LogP contribution in [0.5, 0.6) is 5.75 Å². The van der Waals surface area contributed by atoms with Gasteiger partial charge in [0, 0.05) is 10.6 Å². The molecule has 104 valence electrons. The van der Waals surface area contributed by atoms with Crippen molar-refractivity contribution in [3.63, 3.8) is 0 Å². The lowest BCUT2D eigenvalue weighted by molar-refractivity contribution is -0.384. The lowest BCUT2D eigenvalue weighted by atomic mass is 10.2. The first kappa shape index (κ1) is 14.2. The summed E-state index contributed by atoms with van der Waals surface area (Å²) in [5.41, 5.74) is 5.53. The molecule has 0 bridgehead atoms. The predicted octanol–water partition coefficient (Wildman–Crippen LogP) is 3.35. The number of nitro groups is 1. The first-order valence-electron chi connectivity index (χ1n) is 6.01. The summed E-state index contributed by atoms with van der Waals surface area (Å²) >= 11 is 1.67. The summed E-state index contributed by atoms with van der Waals surface area (Å²) in [5.74, 6) is 1.22. The Morgan fingerprint density at radius 2 is 1.95 bits per heavy atom. The lowest BCUT2D eigenvalue weighted by Crippen LogP contribution is -2.02. The van der Waals surface area contributed by atoms with E-state index in [1.807, 2.05) is 30.3 Å². The van der Waals surface area contributed by atoms with E-state index in [1.54, 1.807) is 17.8 Å². The third-order valence-electron chi connectivity index (χ3n) is 2.56. The number of hydrogen-bond donors (Lipinski definition) is 1. The number of benzene rings is 2. The molecule has 0 fully saturated rings. The van der Waals surface area contributed by atoms with Crippen LogP contribution in [0.25, 0.3) is 0 Å². The van der Waals surface area contributed by atoms with Crippen molar-refractivity contribution in [2.24, 2.45) is 0 Å². The average molecular weight is 290 g/mol. The summed E-state index contributed by atoms with van der Waals surface area (Å²) in [6, 6.07) is 14.4. The molecule has 0 spiro atoms. The van der Waals surface area contributed by atoms with Gasteiger partial charge in [-0.25, -0.2) is 0 Å². The molecule has 0 amide bonds. The van der Waals surface area contributed by atoms with Gasteiger partial charge in [-0.1, -0.05) is 18.2 Å². The number of ether oxygens (including phenoxy) is 1. The zero-order valence-electron chi connectivity index (χ0n) is 10.7. The number of thioether (sulfide) groups is 1. The Morgan fingerprint density at radius 3 is 2.65 bits per heavy atom. The van der Waals surface area contributed by atoms with Gasteiger partial charge < -0.3 is 10.5 Å². The van der Waals surface area contributed by atoms with Crippen LogP contribution in [-0.4, -0.2) is 17.3 Å². The standard InChI is InChI=1S/C14H14N2O3S/c15-13-7-6-11(10-14(13)16(17)18)19-8-9-20-12-4-2-1-3-5-12/h1-7,10H,8-9,15H2. The van der Waals surface area contributed by atoms with Crippen LogP contribution >= 0.6 is 11.8 Å². The van der Waals surface area contributed by atoms with Gasteiger partial charge in [0.1, 0.15) is 11.4 Å². The maximum absolute atomic E-state index is 10.8. The van der Waals surface area contributed by atoms with Gasteiger partial charge in [-0.3, -0.25) is 10.1 Å². The summed E-state index contributed by atoms with van der Waals surface area (Å²) in [4.78, 5) is 11.4. The van der Waals surface area contributed by atoms with Crippen molar-refractivity contribution >= 4 is 23.1 Å². The molecule has 0 heterocycles. The molecule has 0 aliphatic carbocycles. The Hall–Kier alpha value is -2.21. The van der Waals surface area contributed by atoms with Crippen LogP contribution in [0.3, 0.4) is 0 Å². The highest BCUT2D eigenvalue weighted by atomic mass is 32.2. The number of hydrogen-bond acceptors (Lipinski definition) is 5. The molecule has 2 rings (SSSR count). The Labute approximate surface area is 120 Å². The van der Waals surface area contributed by atoms with Crippen molar-refractivity contribution in [1.29, 1.82) is 0 Å². The number of nitro benzene ring substituents is 1. The largest absolute Gasteiger partial charge is 0.492 e. The third-order valence-corrected chi connectivity index (χ3v) is 3.54. The number of nitrogen functional groups attached to an aromatic ring is 1. The third kappa shape index (κ3) is 3.89. The van der Waals surface area contributed by atoms with E-state index in [0.29, 0.717) is 12.4 Å². The van der Waals surface area contributed by atoms with E-state index in [0.717, 1.165) is 5.75 Å². The fourth-order valence-electron chi connectivity index (χ4n) is 1.61. The second-order valence-corrected chi connectivity index (χ2v) is 5.16. The zero-order valence-corrected chi connectivity index (χ0v) is 11.5. The summed E-state index contributed by atoms with van der Waals surface area (Å²) in [5, 5.41) is 10.8. The van der Waals surface area contributed by atoms with Gasteiger partial charge in [0.25, 0.3) is 5.69 Å². The SMILES string of the molecule is Nc1ccc(OCCSc2ccccc2)cc1[N+](=O)[O-]. The maximum atomic E-state index is 10.8. The summed E-state index contributed by atoms with van der Waals surface area (Å²) in [6.07, 6.45) is 0. The second kappa shape index (κ2) is 6.81. The van der Waals surface area contributed by atoms with E-state index in [1.165, 1.54) is 17.0 Å². The van der Waals surface area contributed by atoms with Gasteiger partial charge in [-0.05, 0) is 24.3 Å². The quantitative estimate of drug-likeness (QED) is 0.290. The molecule has 0 aliphatic rings. The topological polar surface area (TPSA) is 78.4 Å². The second-order valence-electron chi connectivity index (χ2n) is 3.99. The number of rotatable bonds is 6. The van der Waals surface area contributed by atoms with Gasteiger partial charge in [0.2, 0.25) is 0 Å². The molecule has 0 saturated carbocycles. The number of nitrogens with two attached hydrogens (primary N) is 1. The van der Waals surface area contributed by atoms with E-state index < -0.39 is 4.92 Å². The molecule has 0 saturated heterocycles. The van der Waals surface area contributed by atoms with Crippen LogP contribution < -0.4 is 10.5 Å². The van der Waals surface area contributed by atoms with Gasteiger partial charge in [-0.2, -0.15) is 0 Å². The minimum atomic E-state index is -0.513. The molecule has 0 atom stereocenters.